The molecule has 1 amide bonds. The SMILES string of the molecule is CCOc1ccc(-c2nc3n(n2)C(c2ccccc2F)C(C(N)=O)=C(C)N3)cc1. The van der Waals surface area contributed by atoms with Gasteiger partial charge in [-0.05, 0) is 44.2 Å². The van der Waals surface area contributed by atoms with Gasteiger partial charge < -0.3 is 15.8 Å². The van der Waals surface area contributed by atoms with Crippen LogP contribution in [0.2, 0.25) is 0 Å². The minimum absolute atomic E-state index is 0.241. The number of rotatable bonds is 5. The van der Waals surface area contributed by atoms with Crippen LogP contribution < -0.4 is 15.8 Å². The number of nitrogens with two attached hydrogens (primary N) is 1. The molecule has 1 aliphatic heterocycles. The normalized spacial score (nSPS) is 15.6. The van der Waals surface area contributed by atoms with Crippen LogP contribution >= 0.6 is 0 Å². The molecule has 29 heavy (non-hydrogen) atoms. The number of carbonyl (C=O) groups is 1. The lowest BCUT2D eigenvalue weighted by Gasteiger charge is -2.27. The highest BCUT2D eigenvalue weighted by molar-refractivity contribution is 5.95. The number of aromatic nitrogens is 3. The molecular weight excluding hydrogens is 373 g/mol. The number of nitrogens with zero attached hydrogens (tertiary/aromatic N) is 3. The number of ether oxygens (including phenoxy) is 1. The van der Waals surface area contributed by atoms with E-state index in [1.54, 1.807) is 25.1 Å². The van der Waals surface area contributed by atoms with Gasteiger partial charge in [0.05, 0.1) is 12.2 Å². The average molecular weight is 393 g/mol. The van der Waals surface area contributed by atoms with Gasteiger partial charge in [0.1, 0.15) is 17.6 Å². The first-order valence-corrected chi connectivity index (χ1v) is 9.21. The lowest BCUT2D eigenvalue weighted by molar-refractivity contribution is -0.115. The summed E-state index contributed by atoms with van der Waals surface area (Å²) in [5.41, 5.74) is 7.44. The first-order chi connectivity index (χ1) is 14.0. The monoisotopic (exact) mass is 393 g/mol. The third-order valence-electron chi connectivity index (χ3n) is 4.74. The van der Waals surface area contributed by atoms with Crippen molar-refractivity contribution in [3.05, 3.63) is 71.2 Å². The number of amides is 1. The van der Waals surface area contributed by atoms with Gasteiger partial charge in [-0.2, -0.15) is 4.98 Å². The van der Waals surface area contributed by atoms with E-state index >= 15 is 0 Å². The molecule has 0 spiro atoms. The number of primary amides is 1. The largest absolute Gasteiger partial charge is 0.494 e. The van der Waals surface area contributed by atoms with Crippen molar-refractivity contribution in [2.24, 2.45) is 5.73 Å². The van der Waals surface area contributed by atoms with E-state index in [4.69, 9.17) is 10.5 Å². The molecule has 1 aromatic heterocycles. The Bertz CT molecular complexity index is 1100. The first-order valence-electron chi connectivity index (χ1n) is 9.21. The van der Waals surface area contributed by atoms with Crippen LogP contribution in [0.15, 0.2) is 59.8 Å². The standard InChI is InChI=1S/C21H20FN5O2/c1-3-29-14-10-8-13(9-11-14)20-25-21-24-12(2)17(19(23)28)18(27(21)26-20)15-6-4-5-7-16(15)22/h4-11,18H,3H2,1-2H3,(H2,23,28)(H,24,25,26). The molecule has 2 heterocycles. The Balaban J connectivity index is 1.82. The molecule has 0 radical (unpaired) electrons. The van der Waals surface area contributed by atoms with Crippen molar-refractivity contribution < 1.29 is 13.9 Å². The summed E-state index contributed by atoms with van der Waals surface area (Å²) in [6.07, 6.45) is 0. The zero-order valence-electron chi connectivity index (χ0n) is 16.0. The molecule has 7 nitrogen and oxygen atoms in total. The molecule has 0 saturated heterocycles. The molecule has 1 aliphatic rings. The fraction of sp³-hybridized carbons (Fsp3) is 0.190. The van der Waals surface area contributed by atoms with Gasteiger partial charge in [0.25, 0.3) is 0 Å². The average Bonchev–Trinajstić information content (AvgIpc) is 3.11. The summed E-state index contributed by atoms with van der Waals surface area (Å²) in [5.74, 6) is 0.498. The van der Waals surface area contributed by atoms with Gasteiger partial charge in [-0.25, -0.2) is 9.07 Å². The van der Waals surface area contributed by atoms with Crippen molar-refractivity contribution >= 4 is 11.9 Å². The number of hydrogen-bond acceptors (Lipinski definition) is 5. The number of anilines is 1. The van der Waals surface area contributed by atoms with Gasteiger partial charge in [0, 0.05) is 16.8 Å². The summed E-state index contributed by atoms with van der Waals surface area (Å²) < 4.78 is 21.6. The fourth-order valence-electron chi connectivity index (χ4n) is 3.44. The number of carbonyl (C=O) groups excluding carboxylic acids is 1. The quantitative estimate of drug-likeness (QED) is 0.694. The highest BCUT2D eigenvalue weighted by Gasteiger charge is 2.34. The molecule has 0 fully saturated rings. The van der Waals surface area contributed by atoms with Gasteiger partial charge in [-0.3, -0.25) is 4.79 Å². The maximum absolute atomic E-state index is 14.6. The zero-order valence-corrected chi connectivity index (χ0v) is 16.0. The van der Waals surface area contributed by atoms with Crippen LogP contribution in [0.5, 0.6) is 5.75 Å². The summed E-state index contributed by atoms with van der Waals surface area (Å²) in [6, 6.07) is 12.8. The molecule has 148 valence electrons. The second-order valence-electron chi connectivity index (χ2n) is 6.61. The molecule has 1 atom stereocenters. The van der Waals surface area contributed by atoms with E-state index in [0.717, 1.165) is 11.3 Å². The third kappa shape index (κ3) is 3.33. The Kier molecular flexibility index (Phi) is 4.75. The Labute approximate surface area is 167 Å². The van der Waals surface area contributed by atoms with Gasteiger partial charge in [0.15, 0.2) is 5.82 Å². The number of halogens is 1. The second-order valence-corrected chi connectivity index (χ2v) is 6.61. The van der Waals surface area contributed by atoms with Crippen LogP contribution in [0.1, 0.15) is 25.5 Å². The molecule has 2 aromatic carbocycles. The van der Waals surface area contributed by atoms with Crippen molar-refractivity contribution in [3.8, 4) is 17.1 Å². The van der Waals surface area contributed by atoms with Crippen molar-refractivity contribution in [1.82, 2.24) is 14.8 Å². The molecule has 1 unspecified atom stereocenters. The Morgan fingerprint density at radius 1 is 1.24 bits per heavy atom. The molecule has 3 aromatic rings. The fourth-order valence-corrected chi connectivity index (χ4v) is 3.44. The molecule has 3 N–H and O–H groups in total. The summed E-state index contributed by atoms with van der Waals surface area (Å²) in [7, 11) is 0. The van der Waals surface area contributed by atoms with Crippen molar-refractivity contribution in [2.75, 3.05) is 11.9 Å². The van der Waals surface area contributed by atoms with Crippen LogP contribution in [0.4, 0.5) is 10.3 Å². The molecular formula is C21H20FN5O2. The van der Waals surface area contributed by atoms with Crippen LogP contribution in [0.25, 0.3) is 11.4 Å². The van der Waals surface area contributed by atoms with E-state index in [0.29, 0.717) is 29.6 Å². The summed E-state index contributed by atoms with van der Waals surface area (Å²) in [4.78, 5) is 16.7. The van der Waals surface area contributed by atoms with Crippen LogP contribution in [0, 0.1) is 5.82 Å². The van der Waals surface area contributed by atoms with Crippen LogP contribution in [0.3, 0.4) is 0 Å². The minimum Gasteiger partial charge on any atom is -0.494 e. The van der Waals surface area contributed by atoms with E-state index < -0.39 is 17.8 Å². The zero-order chi connectivity index (χ0) is 20.5. The number of allylic oxidation sites excluding steroid dienone is 1. The number of fused-ring (bicyclic) bond motifs is 1. The van der Waals surface area contributed by atoms with Gasteiger partial charge in [-0.15, -0.1) is 5.10 Å². The lowest BCUT2D eigenvalue weighted by Crippen LogP contribution is -2.32. The van der Waals surface area contributed by atoms with Gasteiger partial charge in [-0.1, -0.05) is 18.2 Å². The van der Waals surface area contributed by atoms with Crippen LogP contribution in [-0.2, 0) is 4.79 Å². The smallest absolute Gasteiger partial charge is 0.248 e. The van der Waals surface area contributed by atoms with Gasteiger partial charge >= 0.3 is 0 Å². The van der Waals surface area contributed by atoms with E-state index in [1.165, 1.54) is 10.7 Å². The van der Waals surface area contributed by atoms with Crippen molar-refractivity contribution in [3.63, 3.8) is 0 Å². The number of hydrogen-bond donors (Lipinski definition) is 2. The Morgan fingerprint density at radius 2 is 1.97 bits per heavy atom. The summed E-state index contributed by atoms with van der Waals surface area (Å²) in [6.45, 7) is 4.20. The van der Waals surface area contributed by atoms with Crippen LogP contribution in [-0.4, -0.2) is 27.3 Å². The van der Waals surface area contributed by atoms with Crippen molar-refractivity contribution in [1.29, 1.82) is 0 Å². The maximum Gasteiger partial charge on any atom is 0.248 e. The molecule has 4 rings (SSSR count). The van der Waals surface area contributed by atoms with E-state index in [-0.39, 0.29) is 5.57 Å². The maximum atomic E-state index is 14.6. The summed E-state index contributed by atoms with van der Waals surface area (Å²) >= 11 is 0. The van der Waals surface area contributed by atoms with Crippen molar-refractivity contribution in [2.45, 2.75) is 19.9 Å². The highest BCUT2D eigenvalue weighted by Crippen LogP contribution is 2.37. The Morgan fingerprint density at radius 3 is 2.62 bits per heavy atom. The predicted molar refractivity (Wildman–Crippen MR) is 107 cm³/mol. The summed E-state index contributed by atoms with van der Waals surface area (Å²) in [5, 5.41) is 7.61. The first kappa shape index (κ1) is 18.7. The van der Waals surface area contributed by atoms with E-state index in [2.05, 4.69) is 15.4 Å². The highest BCUT2D eigenvalue weighted by atomic mass is 19.1. The predicted octanol–water partition coefficient (Wildman–Crippen LogP) is 3.26. The van der Waals surface area contributed by atoms with E-state index in [1.807, 2.05) is 31.2 Å². The molecule has 0 bridgehead atoms. The number of benzene rings is 2. The molecule has 0 saturated carbocycles. The third-order valence-corrected chi connectivity index (χ3v) is 4.74. The lowest BCUT2D eigenvalue weighted by atomic mass is 9.95. The topological polar surface area (TPSA) is 95.1 Å². The molecule has 8 heteroatoms. The van der Waals surface area contributed by atoms with Gasteiger partial charge in [0.2, 0.25) is 11.9 Å². The minimum atomic E-state index is -0.811. The second kappa shape index (κ2) is 7.38. The Hall–Kier alpha value is -3.68. The van der Waals surface area contributed by atoms with E-state index in [9.17, 15) is 9.18 Å². The number of nitrogens with one attached hydrogen (secondary N) is 1. The molecule has 0 aliphatic carbocycles.